The van der Waals surface area contributed by atoms with Crippen molar-refractivity contribution in [3.63, 3.8) is 0 Å². The van der Waals surface area contributed by atoms with Gasteiger partial charge in [-0.1, -0.05) is 11.6 Å². The highest BCUT2D eigenvalue weighted by Gasteiger charge is 2.12. The van der Waals surface area contributed by atoms with E-state index in [-0.39, 0.29) is 11.9 Å². The fourth-order valence-electron chi connectivity index (χ4n) is 1.48. The van der Waals surface area contributed by atoms with E-state index in [2.05, 4.69) is 6.58 Å². The molecule has 1 aromatic carbocycles. The number of rotatable bonds is 4. The van der Waals surface area contributed by atoms with Crippen LogP contribution in [0.2, 0.25) is 0 Å². The third kappa shape index (κ3) is 3.06. The van der Waals surface area contributed by atoms with Crippen LogP contribution in [0.3, 0.4) is 0 Å². The minimum atomic E-state index is -0.321. The van der Waals surface area contributed by atoms with Crippen molar-refractivity contribution in [3.8, 4) is 5.75 Å². The largest absolute Gasteiger partial charge is 0.496 e. The Kier molecular flexibility index (Phi) is 3.86. The summed E-state index contributed by atoms with van der Waals surface area (Å²) in [6.45, 7) is 5.71. The highest BCUT2D eigenvalue weighted by atomic mass is 19.1. The molecule has 0 amide bonds. The van der Waals surface area contributed by atoms with Gasteiger partial charge in [-0.25, -0.2) is 4.39 Å². The van der Waals surface area contributed by atoms with E-state index in [0.29, 0.717) is 12.2 Å². The molecule has 0 saturated heterocycles. The number of halogens is 1. The smallest absolute Gasteiger partial charge is 0.126 e. The second kappa shape index (κ2) is 4.94. The van der Waals surface area contributed by atoms with Crippen molar-refractivity contribution in [3.05, 3.63) is 41.7 Å². The molecule has 2 N–H and O–H groups in total. The first kappa shape index (κ1) is 11.7. The molecule has 0 fully saturated rings. The zero-order valence-corrected chi connectivity index (χ0v) is 9.09. The van der Waals surface area contributed by atoms with Crippen LogP contribution in [0, 0.1) is 5.82 Å². The molecule has 1 atom stereocenters. The average molecular weight is 209 g/mol. The van der Waals surface area contributed by atoms with Crippen LogP contribution >= 0.6 is 0 Å². The van der Waals surface area contributed by atoms with Crippen molar-refractivity contribution >= 4 is 0 Å². The molecule has 0 saturated carbocycles. The first-order valence-corrected chi connectivity index (χ1v) is 4.78. The Morgan fingerprint density at radius 1 is 1.60 bits per heavy atom. The first-order valence-electron chi connectivity index (χ1n) is 4.78. The summed E-state index contributed by atoms with van der Waals surface area (Å²) in [4.78, 5) is 0. The maximum Gasteiger partial charge on any atom is 0.126 e. The van der Waals surface area contributed by atoms with Crippen LogP contribution in [0.25, 0.3) is 0 Å². The molecule has 0 heterocycles. The van der Waals surface area contributed by atoms with Crippen molar-refractivity contribution in [2.24, 2.45) is 5.73 Å². The average Bonchev–Trinajstić information content (AvgIpc) is 2.16. The van der Waals surface area contributed by atoms with Crippen molar-refractivity contribution in [2.45, 2.75) is 19.4 Å². The summed E-state index contributed by atoms with van der Waals surface area (Å²) in [5.41, 5.74) is 7.76. The van der Waals surface area contributed by atoms with E-state index < -0.39 is 0 Å². The molecule has 82 valence electrons. The van der Waals surface area contributed by atoms with Gasteiger partial charge in [0.1, 0.15) is 11.6 Å². The Morgan fingerprint density at radius 2 is 2.27 bits per heavy atom. The predicted molar refractivity (Wildman–Crippen MR) is 59.3 cm³/mol. The molecule has 0 aliphatic carbocycles. The molecule has 0 radical (unpaired) electrons. The van der Waals surface area contributed by atoms with E-state index in [4.69, 9.17) is 10.5 Å². The third-order valence-corrected chi connectivity index (χ3v) is 2.16. The van der Waals surface area contributed by atoms with Gasteiger partial charge in [-0.05, 0) is 19.4 Å². The van der Waals surface area contributed by atoms with Gasteiger partial charge in [-0.2, -0.15) is 0 Å². The van der Waals surface area contributed by atoms with Crippen LogP contribution in [0.15, 0.2) is 30.4 Å². The summed E-state index contributed by atoms with van der Waals surface area (Å²) in [6.07, 6.45) is 0.669. The summed E-state index contributed by atoms with van der Waals surface area (Å²) in [5, 5.41) is 0. The van der Waals surface area contributed by atoms with E-state index in [1.807, 2.05) is 6.92 Å². The number of ether oxygens (including phenoxy) is 1. The Bertz CT molecular complexity index is 363. The molecule has 0 spiro atoms. The van der Waals surface area contributed by atoms with E-state index in [1.165, 1.54) is 19.2 Å². The lowest BCUT2D eigenvalue weighted by atomic mass is 10.0. The van der Waals surface area contributed by atoms with Crippen molar-refractivity contribution in [1.82, 2.24) is 0 Å². The molecule has 1 rings (SSSR count). The molecule has 15 heavy (non-hydrogen) atoms. The standard InChI is InChI=1S/C12H16FNO/c1-8(2)6-11(14)10-5-4-9(13)7-12(10)15-3/h4-5,7,11H,1,6,14H2,2-3H3/t11-/m0/s1. The molecule has 1 aromatic rings. The number of hydrogen-bond acceptors (Lipinski definition) is 2. The minimum absolute atomic E-state index is 0.196. The van der Waals surface area contributed by atoms with Gasteiger partial charge in [0.2, 0.25) is 0 Å². The van der Waals surface area contributed by atoms with Gasteiger partial charge < -0.3 is 10.5 Å². The van der Waals surface area contributed by atoms with Crippen LogP contribution < -0.4 is 10.5 Å². The molecular formula is C12H16FNO. The lowest BCUT2D eigenvalue weighted by molar-refractivity contribution is 0.402. The topological polar surface area (TPSA) is 35.2 Å². The number of nitrogens with two attached hydrogens (primary N) is 1. The number of benzene rings is 1. The Balaban J connectivity index is 2.97. The molecule has 0 unspecified atom stereocenters. The van der Waals surface area contributed by atoms with Crippen molar-refractivity contribution in [2.75, 3.05) is 7.11 Å². The van der Waals surface area contributed by atoms with E-state index in [1.54, 1.807) is 6.07 Å². The van der Waals surface area contributed by atoms with E-state index >= 15 is 0 Å². The lowest BCUT2D eigenvalue weighted by Gasteiger charge is -2.15. The summed E-state index contributed by atoms with van der Waals surface area (Å²) < 4.78 is 18.0. The van der Waals surface area contributed by atoms with Gasteiger partial charge in [0.05, 0.1) is 7.11 Å². The Hall–Kier alpha value is -1.35. The van der Waals surface area contributed by atoms with Crippen LogP contribution in [-0.2, 0) is 0 Å². The monoisotopic (exact) mass is 209 g/mol. The fraction of sp³-hybridized carbons (Fsp3) is 0.333. The lowest BCUT2D eigenvalue weighted by Crippen LogP contribution is -2.11. The maximum atomic E-state index is 12.9. The molecule has 0 aliphatic rings. The summed E-state index contributed by atoms with van der Waals surface area (Å²) >= 11 is 0. The summed E-state index contributed by atoms with van der Waals surface area (Å²) in [6, 6.07) is 4.18. The fourth-order valence-corrected chi connectivity index (χ4v) is 1.48. The highest BCUT2D eigenvalue weighted by Crippen LogP contribution is 2.27. The zero-order chi connectivity index (χ0) is 11.4. The molecule has 0 aliphatic heterocycles. The highest BCUT2D eigenvalue weighted by molar-refractivity contribution is 5.36. The Labute approximate surface area is 89.6 Å². The quantitative estimate of drug-likeness (QED) is 0.774. The molecule has 3 heteroatoms. The number of hydrogen-bond donors (Lipinski definition) is 1. The molecule has 0 aromatic heterocycles. The zero-order valence-electron chi connectivity index (χ0n) is 9.09. The van der Waals surface area contributed by atoms with E-state index in [0.717, 1.165) is 11.1 Å². The van der Waals surface area contributed by atoms with Gasteiger partial charge in [0.25, 0.3) is 0 Å². The van der Waals surface area contributed by atoms with E-state index in [9.17, 15) is 4.39 Å². The van der Waals surface area contributed by atoms with Crippen molar-refractivity contribution in [1.29, 1.82) is 0 Å². The minimum Gasteiger partial charge on any atom is -0.496 e. The maximum absolute atomic E-state index is 12.9. The van der Waals surface area contributed by atoms with Crippen LogP contribution in [-0.4, -0.2) is 7.11 Å². The predicted octanol–water partition coefficient (Wildman–Crippen LogP) is 2.80. The van der Waals surface area contributed by atoms with Crippen molar-refractivity contribution < 1.29 is 9.13 Å². The second-order valence-corrected chi connectivity index (χ2v) is 3.65. The normalized spacial score (nSPS) is 12.3. The van der Waals surface area contributed by atoms with Gasteiger partial charge in [-0.3, -0.25) is 0 Å². The van der Waals surface area contributed by atoms with Crippen LogP contribution in [0.5, 0.6) is 5.75 Å². The molecule has 0 bridgehead atoms. The van der Waals surface area contributed by atoms with Gasteiger partial charge in [0.15, 0.2) is 0 Å². The first-order chi connectivity index (χ1) is 7.04. The SMILES string of the molecule is C=C(C)C[C@H](N)c1ccc(F)cc1OC. The third-order valence-electron chi connectivity index (χ3n) is 2.16. The van der Waals surface area contributed by atoms with Gasteiger partial charge >= 0.3 is 0 Å². The second-order valence-electron chi connectivity index (χ2n) is 3.65. The van der Waals surface area contributed by atoms with Gasteiger partial charge in [0, 0.05) is 17.7 Å². The summed E-state index contributed by atoms with van der Waals surface area (Å²) in [5.74, 6) is 0.168. The molecular weight excluding hydrogens is 193 g/mol. The Morgan fingerprint density at radius 3 is 2.80 bits per heavy atom. The van der Waals surface area contributed by atoms with Crippen LogP contribution in [0.1, 0.15) is 24.9 Å². The summed E-state index contributed by atoms with van der Waals surface area (Å²) in [7, 11) is 1.51. The van der Waals surface area contributed by atoms with Gasteiger partial charge in [-0.15, -0.1) is 6.58 Å². The number of methoxy groups -OCH3 is 1. The molecule has 2 nitrogen and oxygen atoms in total. The van der Waals surface area contributed by atoms with Crippen LogP contribution in [0.4, 0.5) is 4.39 Å².